The molecule has 0 unspecified atom stereocenters. The Kier molecular flexibility index (Phi) is 4.43. The predicted molar refractivity (Wildman–Crippen MR) is 79.2 cm³/mol. The lowest BCUT2D eigenvalue weighted by molar-refractivity contribution is 0.550. The summed E-state index contributed by atoms with van der Waals surface area (Å²) in [4.78, 5) is 8.72. The van der Waals surface area contributed by atoms with Crippen molar-refractivity contribution in [3.05, 3.63) is 31.2 Å². The van der Waals surface area contributed by atoms with Crippen LogP contribution in [0.5, 0.6) is 0 Å². The SMILES string of the molecule is CCCc1nc(-c2ccc(Br)o2)nc(Cl)c1I. The molecule has 90 valence electrons. The summed E-state index contributed by atoms with van der Waals surface area (Å²) in [5, 5.41) is 0.478. The minimum absolute atomic E-state index is 0.478. The molecule has 0 aliphatic heterocycles. The number of nitrogens with zero attached hydrogens (tertiary/aromatic N) is 2. The Bertz CT molecular complexity index is 544. The molecule has 0 bridgehead atoms. The Morgan fingerprint density at radius 3 is 2.76 bits per heavy atom. The first-order valence-corrected chi connectivity index (χ1v) is 7.34. The van der Waals surface area contributed by atoms with Crippen molar-refractivity contribution in [3.8, 4) is 11.6 Å². The summed E-state index contributed by atoms with van der Waals surface area (Å²) >= 11 is 11.5. The molecule has 0 N–H and O–H groups in total. The average molecular weight is 427 g/mol. The highest BCUT2D eigenvalue weighted by Gasteiger charge is 2.13. The van der Waals surface area contributed by atoms with E-state index in [1.807, 2.05) is 12.1 Å². The lowest BCUT2D eigenvalue weighted by Gasteiger charge is -2.05. The molecule has 2 aromatic heterocycles. The third kappa shape index (κ3) is 3.00. The highest BCUT2D eigenvalue weighted by Crippen LogP contribution is 2.27. The van der Waals surface area contributed by atoms with Crippen molar-refractivity contribution in [1.29, 1.82) is 0 Å². The molecule has 6 heteroatoms. The number of furan rings is 1. The molecule has 3 nitrogen and oxygen atoms in total. The van der Waals surface area contributed by atoms with Crippen molar-refractivity contribution in [2.75, 3.05) is 0 Å². The monoisotopic (exact) mass is 426 g/mol. The van der Waals surface area contributed by atoms with Crippen molar-refractivity contribution in [2.45, 2.75) is 19.8 Å². The van der Waals surface area contributed by atoms with Gasteiger partial charge in [0.05, 0.1) is 9.26 Å². The lowest BCUT2D eigenvalue weighted by Crippen LogP contribution is -2.00. The summed E-state index contributed by atoms with van der Waals surface area (Å²) in [5.41, 5.74) is 0.968. The van der Waals surface area contributed by atoms with E-state index in [2.05, 4.69) is 55.4 Å². The van der Waals surface area contributed by atoms with Crippen LogP contribution in [0.4, 0.5) is 0 Å². The molecule has 0 amide bonds. The standard InChI is InChI=1S/C11H9BrClIN2O/c1-2-3-6-9(14)10(13)16-11(15-6)7-4-5-8(12)17-7/h4-5H,2-3H2,1H3. The van der Waals surface area contributed by atoms with Gasteiger partial charge in [-0.3, -0.25) is 0 Å². The molecule has 0 fully saturated rings. The van der Waals surface area contributed by atoms with Gasteiger partial charge in [-0.05, 0) is 57.1 Å². The first-order chi connectivity index (χ1) is 8.11. The van der Waals surface area contributed by atoms with Crippen LogP contribution >= 0.6 is 50.1 Å². The van der Waals surface area contributed by atoms with Gasteiger partial charge < -0.3 is 4.42 Å². The number of hydrogen-bond acceptors (Lipinski definition) is 3. The number of aryl methyl sites for hydroxylation is 1. The van der Waals surface area contributed by atoms with Crippen LogP contribution in [0, 0.1) is 3.57 Å². The van der Waals surface area contributed by atoms with E-state index in [0.717, 1.165) is 22.1 Å². The summed E-state index contributed by atoms with van der Waals surface area (Å²) < 4.78 is 7.00. The quantitative estimate of drug-likeness (QED) is 0.526. The first-order valence-electron chi connectivity index (χ1n) is 5.09. The van der Waals surface area contributed by atoms with Gasteiger partial charge in [0.2, 0.25) is 0 Å². The first kappa shape index (κ1) is 13.3. The summed E-state index contributed by atoms with van der Waals surface area (Å²) in [6.07, 6.45) is 1.90. The maximum atomic E-state index is 6.10. The Morgan fingerprint density at radius 1 is 1.41 bits per heavy atom. The molecule has 0 radical (unpaired) electrons. The average Bonchev–Trinajstić information content (AvgIpc) is 2.71. The fourth-order valence-electron chi connectivity index (χ4n) is 1.41. The maximum Gasteiger partial charge on any atom is 0.197 e. The summed E-state index contributed by atoms with van der Waals surface area (Å²) in [5.74, 6) is 1.15. The molecule has 0 saturated carbocycles. The number of rotatable bonds is 3. The van der Waals surface area contributed by atoms with Crippen LogP contribution in [0.1, 0.15) is 19.0 Å². The molecule has 2 heterocycles. The summed E-state index contributed by atoms with van der Waals surface area (Å²) in [7, 11) is 0. The maximum absolute atomic E-state index is 6.10. The van der Waals surface area contributed by atoms with Crippen LogP contribution in [-0.4, -0.2) is 9.97 Å². The Morgan fingerprint density at radius 2 is 2.18 bits per heavy atom. The zero-order valence-corrected chi connectivity index (χ0v) is 13.5. The predicted octanol–water partition coefficient (Wildman–Crippen LogP) is 4.71. The van der Waals surface area contributed by atoms with Crippen molar-refractivity contribution in [2.24, 2.45) is 0 Å². The third-order valence-corrected chi connectivity index (χ3v) is 4.31. The molecule has 17 heavy (non-hydrogen) atoms. The van der Waals surface area contributed by atoms with Crippen LogP contribution in [0.2, 0.25) is 5.15 Å². The molecule has 0 atom stereocenters. The normalized spacial score (nSPS) is 10.8. The van der Waals surface area contributed by atoms with Gasteiger partial charge in [-0.25, -0.2) is 9.97 Å². The zero-order chi connectivity index (χ0) is 12.4. The van der Waals surface area contributed by atoms with Gasteiger partial charge in [-0.1, -0.05) is 24.9 Å². The second kappa shape index (κ2) is 5.67. The zero-order valence-electron chi connectivity index (χ0n) is 9.01. The highest BCUT2D eigenvalue weighted by molar-refractivity contribution is 14.1. The van der Waals surface area contributed by atoms with Crippen molar-refractivity contribution in [1.82, 2.24) is 9.97 Å². The van der Waals surface area contributed by atoms with Gasteiger partial charge in [-0.2, -0.15) is 0 Å². The van der Waals surface area contributed by atoms with Gasteiger partial charge in [-0.15, -0.1) is 0 Å². The summed E-state index contributed by atoms with van der Waals surface area (Å²) in [6.45, 7) is 2.11. The van der Waals surface area contributed by atoms with Gasteiger partial charge >= 0.3 is 0 Å². The topological polar surface area (TPSA) is 38.9 Å². The molecule has 0 aliphatic carbocycles. The molecule has 0 aromatic carbocycles. The Hall–Kier alpha value is -0.140. The largest absolute Gasteiger partial charge is 0.446 e. The van der Waals surface area contributed by atoms with E-state index >= 15 is 0 Å². The molecule has 0 aliphatic rings. The molecular formula is C11H9BrClIN2O. The third-order valence-electron chi connectivity index (χ3n) is 2.16. The van der Waals surface area contributed by atoms with Crippen LogP contribution in [0.15, 0.2) is 21.2 Å². The second-order valence-corrected chi connectivity index (χ2v) is 5.67. The molecular weight excluding hydrogens is 418 g/mol. The Labute approximate surface area is 126 Å². The smallest absolute Gasteiger partial charge is 0.197 e. The minimum atomic E-state index is 0.478. The van der Waals surface area contributed by atoms with E-state index in [1.165, 1.54) is 0 Å². The fraction of sp³-hybridized carbons (Fsp3) is 0.273. The van der Waals surface area contributed by atoms with Crippen LogP contribution in [0.3, 0.4) is 0 Å². The summed E-state index contributed by atoms with van der Waals surface area (Å²) in [6, 6.07) is 3.63. The second-order valence-electron chi connectivity index (χ2n) is 3.45. The van der Waals surface area contributed by atoms with Crippen molar-refractivity contribution in [3.63, 3.8) is 0 Å². The van der Waals surface area contributed by atoms with E-state index in [1.54, 1.807) is 0 Å². The van der Waals surface area contributed by atoms with Gasteiger partial charge in [0.15, 0.2) is 16.3 Å². The van der Waals surface area contributed by atoms with Crippen LogP contribution in [0.25, 0.3) is 11.6 Å². The molecule has 2 rings (SSSR count). The Balaban J connectivity index is 2.48. The highest BCUT2D eigenvalue weighted by atomic mass is 127. The van der Waals surface area contributed by atoms with Crippen LogP contribution in [-0.2, 0) is 6.42 Å². The van der Waals surface area contributed by atoms with E-state index in [4.69, 9.17) is 16.0 Å². The lowest BCUT2D eigenvalue weighted by atomic mass is 10.2. The minimum Gasteiger partial charge on any atom is -0.446 e. The van der Waals surface area contributed by atoms with E-state index in [-0.39, 0.29) is 0 Å². The van der Waals surface area contributed by atoms with Crippen molar-refractivity contribution < 1.29 is 4.42 Å². The molecule has 2 aromatic rings. The molecule has 0 saturated heterocycles. The van der Waals surface area contributed by atoms with E-state index < -0.39 is 0 Å². The fourth-order valence-corrected chi connectivity index (χ4v) is 2.42. The number of hydrogen-bond donors (Lipinski definition) is 0. The van der Waals surface area contributed by atoms with E-state index in [9.17, 15) is 0 Å². The van der Waals surface area contributed by atoms with Gasteiger partial charge in [0.25, 0.3) is 0 Å². The van der Waals surface area contributed by atoms with E-state index in [0.29, 0.717) is 21.4 Å². The van der Waals surface area contributed by atoms with Crippen LogP contribution < -0.4 is 0 Å². The van der Waals surface area contributed by atoms with Crippen molar-refractivity contribution >= 4 is 50.1 Å². The molecule has 0 spiro atoms. The van der Waals surface area contributed by atoms with Gasteiger partial charge in [0, 0.05) is 0 Å². The van der Waals surface area contributed by atoms with Gasteiger partial charge in [0.1, 0.15) is 5.15 Å². The number of halogens is 3. The number of aromatic nitrogens is 2.